The number of hydrogen-bond acceptors (Lipinski definition) is 1. The Balaban J connectivity index is 2.15. The minimum absolute atomic E-state index is 0.218. The first kappa shape index (κ1) is 20.2. The highest BCUT2D eigenvalue weighted by Gasteiger charge is 2.39. The fraction of sp³-hybridized carbons (Fsp3) is 0.500. The Hall–Kier alpha value is -1.54. The van der Waals surface area contributed by atoms with E-state index in [1.54, 1.807) is 19.2 Å². The van der Waals surface area contributed by atoms with Crippen LogP contribution in [-0.2, 0) is 5.88 Å². The summed E-state index contributed by atoms with van der Waals surface area (Å²) in [6.07, 6.45) is 3.40. The molecule has 1 aliphatic rings. The van der Waals surface area contributed by atoms with Gasteiger partial charge in [-0.15, -0.1) is 11.6 Å². The molecule has 27 heavy (non-hydrogen) atoms. The zero-order valence-electron chi connectivity index (χ0n) is 17.0. The first-order valence-corrected chi connectivity index (χ1v) is 10.2. The number of halogens is 2. The standard InChI is InChI=1S/C24H30ClFO/c1-23(2)12-17(13-24(3,4)15-23)20-10-16(14-25)6-8-19(20)21-11-18(27-5)7-9-22(21)26/h6-11,17H,12-15H2,1-5H3. The van der Waals surface area contributed by atoms with E-state index in [9.17, 15) is 4.39 Å². The minimum Gasteiger partial charge on any atom is -0.497 e. The predicted molar refractivity (Wildman–Crippen MR) is 112 cm³/mol. The molecule has 0 spiro atoms. The summed E-state index contributed by atoms with van der Waals surface area (Å²) >= 11 is 6.13. The molecule has 2 aromatic rings. The van der Waals surface area contributed by atoms with Crippen LogP contribution in [0, 0.1) is 16.6 Å². The Labute approximate surface area is 167 Å². The van der Waals surface area contributed by atoms with Gasteiger partial charge in [0.05, 0.1) is 7.11 Å². The zero-order valence-corrected chi connectivity index (χ0v) is 17.8. The van der Waals surface area contributed by atoms with Gasteiger partial charge in [-0.05, 0) is 70.9 Å². The minimum atomic E-state index is -0.218. The molecule has 3 heteroatoms. The average Bonchev–Trinajstić information content (AvgIpc) is 2.59. The van der Waals surface area contributed by atoms with E-state index in [4.69, 9.17) is 16.3 Å². The van der Waals surface area contributed by atoms with Crippen molar-refractivity contribution in [2.24, 2.45) is 10.8 Å². The molecular formula is C24H30ClFO. The molecule has 0 amide bonds. The molecule has 146 valence electrons. The lowest BCUT2D eigenvalue weighted by molar-refractivity contribution is 0.0970. The maximum absolute atomic E-state index is 14.7. The summed E-state index contributed by atoms with van der Waals surface area (Å²) in [6, 6.07) is 11.2. The smallest absolute Gasteiger partial charge is 0.131 e. The van der Waals surface area contributed by atoms with Gasteiger partial charge < -0.3 is 4.74 Å². The fourth-order valence-corrected chi connectivity index (χ4v) is 5.35. The lowest BCUT2D eigenvalue weighted by Crippen LogP contribution is -2.33. The van der Waals surface area contributed by atoms with Crippen molar-refractivity contribution in [2.45, 2.75) is 58.8 Å². The van der Waals surface area contributed by atoms with Gasteiger partial charge in [0.2, 0.25) is 0 Å². The summed E-state index contributed by atoms with van der Waals surface area (Å²) in [5.41, 5.74) is 4.37. The molecule has 3 rings (SSSR count). The molecule has 0 aromatic heterocycles. The largest absolute Gasteiger partial charge is 0.497 e. The second-order valence-electron chi connectivity index (χ2n) is 9.51. The third kappa shape index (κ3) is 4.48. The van der Waals surface area contributed by atoms with E-state index in [1.807, 2.05) is 12.1 Å². The summed E-state index contributed by atoms with van der Waals surface area (Å²) < 4.78 is 20.1. The van der Waals surface area contributed by atoms with E-state index >= 15 is 0 Å². The second-order valence-corrected chi connectivity index (χ2v) is 9.78. The van der Waals surface area contributed by atoms with Crippen molar-refractivity contribution >= 4 is 11.6 Å². The molecule has 0 heterocycles. The first-order valence-electron chi connectivity index (χ1n) is 9.67. The number of methoxy groups -OCH3 is 1. The van der Waals surface area contributed by atoms with Crippen molar-refractivity contribution in [3.8, 4) is 16.9 Å². The molecule has 0 atom stereocenters. The van der Waals surface area contributed by atoms with Crippen molar-refractivity contribution < 1.29 is 9.13 Å². The molecular weight excluding hydrogens is 359 g/mol. The maximum Gasteiger partial charge on any atom is 0.131 e. The van der Waals surface area contributed by atoms with E-state index in [2.05, 4.69) is 33.8 Å². The first-order chi connectivity index (χ1) is 12.6. The summed E-state index contributed by atoms with van der Waals surface area (Å²) in [5.74, 6) is 1.30. The van der Waals surface area contributed by atoms with Crippen LogP contribution in [0.25, 0.3) is 11.1 Å². The third-order valence-corrected chi connectivity index (χ3v) is 6.04. The molecule has 0 N–H and O–H groups in total. The fourth-order valence-electron chi connectivity index (χ4n) is 5.18. The molecule has 1 nitrogen and oxygen atoms in total. The highest BCUT2D eigenvalue weighted by atomic mass is 35.5. The number of alkyl halides is 1. The lowest BCUT2D eigenvalue weighted by Gasteiger charge is -2.45. The van der Waals surface area contributed by atoms with Gasteiger partial charge >= 0.3 is 0 Å². The van der Waals surface area contributed by atoms with Gasteiger partial charge in [-0.2, -0.15) is 0 Å². The Bertz CT molecular complexity index is 809. The van der Waals surface area contributed by atoms with Gasteiger partial charge in [0.25, 0.3) is 0 Å². The highest BCUT2D eigenvalue weighted by molar-refractivity contribution is 6.17. The molecule has 0 bridgehead atoms. The van der Waals surface area contributed by atoms with Crippen LogP contribution in [0.3, 0.4) is 0 Å². The van der Waals surface area contributed by atoms with Crippen LogP contribution in [-0.4, -0.2) is 7.11 Å². The summed E-state index contributed by atoms with van der Waals surface area (Å²) in [5, 5.41) is 0. The summed E-state index contributed by atoms with van der Waals surface area (Å²) in [4.78, 5) is 0. The monoisotopic (exact) mass is 388 g/mol. The van der Waals surface area contributed by atoms with Crippen LogP contribution in [0.4, 0.5) is 4.39 Å². The summed E-state index contributed by atoms with van der Waals surface area (Å²) in [7, 11) is 1.61. The van der Waals surface area contributed by atoms with E-state index in [-0.39, 0.29) is 16.6 Å². The topological polar surface area (TPSA) is 9.23 Å². The molecule has 1 saturated carbocycles. The molecule has 2 aromatic carbocycles. The van der Waals surface area contributed by atoms with Gasteiger partial charge in [0, 0.05) is 11.4 Å². The van der Waals surface area contributed by atoms with Crippen molar-refractivity contribution in [3.63, 3.8) is 0 Å². The van der Waals surface area contributed by atoms with Crippen LogP contribution in [0.2, 0.25) is 0 Å². The lowest BCUT2D eigenvalue weighted by atomic mass is 9.59. The van der Waals surface area contributed by atoms with E-state index in [1.165, 1.54) is 18.1 Å². The molecule has 1 aliphatic carbocycles. The van der Waals surface area contributed by atoms with E-state index in [0.29, 0.717) is 23.1 Å². The van der Waals surface area contributed by atoms with Crippen LogP contribution >= 0.6 is 11.6 Å². The van der Waals surface area contributed by atoms with Gasteiger partial charge in [0.15, 0.2) is 0 Å². The van der Waals surface area contributed by atoms with Crippen LogP contribution < -0.4 is 4.74 Å². The van der Waals surface area contributed by atoms with Crippen LogP contribution in [0.15, 0.2) is 36.4 Å². The molecule has 0 saturated heterocycles. The summed E-state index contributed by atoms with van der Waals surface area (Å²) in [6.45, 7) is 9.38. The predicted octanol–water partition coefficient (Wildman–Crippen LogP) is 7.56. The normalized spacial score (nSPS) is 19.1. The van der Waals surface area contributed by atoms with Crippen molar-refractivity contribution in [1.82, 2.24) is 0 Å². The number of rotatable bonds is 4. The quantitative estimate of drug-likeness (QED) is 0.491. The third-order valence-electron chi connectivity index (χ3n) is 5.73. The number of hydrogen-bond donors (Lipinski definition) is 0. The SMILES string of the molecule is COc1ccc(F)c(-c2ccc(CCl)cc2C2CC(C)(C)CC(C)(C)C2)c1. The Morgan fingerprint density at radius 3 is 2.26 bits per heavy atom. The molecule has 0 aliphatic heterocycles. The number of ether oxygens (including phenoxy) is 1. The Kier molecular flexibility index (Phi) is 5.59. The van der Waals surface area contributed by atoms with Crippen molar-refractivity contribution in [2.75, 3.05) is 7.11 Å². The van der Waals surface area contributed by atoms with Crippen LogP contribution in [0.1, 0.15) is 64.0 Å². The second kappa shape index (κ2) is 7.47. The zero-order chi connectivity index (χ0) is 19.8. The van der Waals surface area contributed by atoms with E-state index in [0.717, 1.165) is 24.0 Å². The molecule has 0 unspecified atom stereocenters. The Morgan fingerprint density at radius 1 is 1.00 bits per heavy atom. The molecule has 1 fully saturated rings. The van der Waals surface area contributed by atoms with Crippen molar-refractivity contribution in [3.05, 3.63) is 53.3 Å². The Morgan fingerprint density at radius 2 is 1.67 bits per heavy atom. The van der Waals surface area contributed by atoms with Crippen molar-refractivity contribution in [1.29, 1.82) is 0 Å². The maximum atomic E-state index is 14.7. The van der Waals surface area contributed by atoms with Gasteiger partial charge in [0.1, 0.15) is 11.6 Å². The van der Waals surface area contributed by atoms with E-state index < -0.39 is 0 Å². The molecule has 0 radical (unpaired) electrons. The van der Waals surface area contributed by atoms with Gasteiger partial charge in [-0.25, -0.2) is 4.39 Å². The average molecular weight is 389 g/mol. The van der Waals surface area contributed by atoms with Gasteiger partial charge in [-0.1, -0.05) is 45.9 Å². The van der Waals surface area contributed by atoms with Crippen LogP contribution in [0.5, 0.6) is 5.75 Å². The van der Waals surface area contributed by atoms with Gasteiger partial charge in [-0.3, -0.25) is 0 Å². The number of benzene rings is 2. The highest BCUT2D eigenvalue weighted by Crippen LogP contribution is 2.53.